The number of nitrogens with one attached hydrogen (secondary N) is 2. The quantitative estimate of drug-likeness (QED) is 0.665. The molecule has 2 N–H and O–H groups in total. The highest BCUT2D eigenvalue weighted by molar-refractivity contribution is 6.34. The first-order valence-corrected chi connectivity index (χ1v) is 10.0. The predicted molar refractivity (Wildman–Crippen MR) is 113 cm³/mol. The molecular formula is C21H21ClF3N3O4. The number of nitrogens with zero attached hydrogens (tertiary/aromatic N) is 1. The van der Waals surface area contributed by atoms with Gasteiger partial charge in [0, 0.05) is 18.6 Å². The molecule has 172 valence electrons. The van der Waals surface area contributed by atoms with Crippen LogP contribution in [0.1, 0.15) is 12.0 Å². The van der Waals surface area contributed by atoms with E-state index < -0.39 is 23.6 Å². The lowest BCUT2D eigenvalue weighted by Crippen LogP contribution is -2.36. The topological polar surface area (TPSA) is 79.9 Å². The number of likely N-dealkylation sites (N-methyl/N-ethyl adjacent to an activating group) is 1. The fourth-order valence-corrected chi connectivity index (χ4v) is 3.25. The van der Waals surface area contributed by atoms with E-state index in [4.69, 9.17) is 21.1 Å². The monoisotopic (exact) mass is 471 g/mol. The van der Waals surface area contributed by atoms with Gasteiger partial charge in [0.05, 0.1) is 48.3 Å². The highest BCUT2D eigenvalue weighted by Gasteiger charge is 2.33. The molecule has 0 spiro atoms. The van der Waals surface area contributed by atoms with E-state index in [2.05, 4.69) is 10.6 Å². The number of para-hydroxylation sites is 1. The van der Waals surface area contributed by atoms with Gasteiger partial charge in [0.1, 0.15) is 0 Å². The second kappa shape index (κ2) is 10.1. The van der Waals surface area contributed by atoms with Crippen molar-refractivity contribution in [3.8, 4) is 11.5 Å². The van der Waals surface area contributed by atoms with Crippen LogP contribution in [0.2, 0.25) is 5.02 Å². The van der Waals surface area contributed by atoms with Crippen molar-refractivity contribution in [3.63, 3.8) is 0 Å². The van der Waals surface area contributed by atoms with Gasteiger partial charge < -0.3 is 20.1 Å². The van der Waals surface area contributed by atoms with Crippen molar-refractivity contribution in [2.75, 3.05) is 44.0 Å². The van der Waals surface area contributed by atoms with Crippen LogP contribution in [0.4, 0.5) is 24.5 Å². The first kappa shape index (κ1) is 23.7. The van der Waals surface area contributed by atoms with Crippen molar-refractivity contribution in [1.29, 1.82) is 0 Å². The number of ether oxygens (including phenoxy) is 2. The summed E-state index contributed by atoms with van der Waals surface area (Å²) in [7, 11) is 1.49. The van der Waals surface area contributed by atoms with Crippen LogP contribution in [0.5, 0.6) is 11.5 Å². The number of amides is 2. The molecule has 0 saturated carbocycles. The van der Waals surface area contributed by atoms with Crippen molar-refractivity contribution in [1.82, 2.24) is 4.90 Å². The van der Waals surface area contributed by atoms with Crippen molar-refractivity contribution in [2.24, 2.45) is 0 Å². The molecule has 2 aromatic rings. The highest BCUT2D eigenvalue weighted by Crippen LogP contribution is 2.37. The first-order valence-electron chi connectivity index (χ1n) is 9.67. The summed E-state index contributed by atoms with van der Waals surface area (Å²) in [4.78, 5) is 25.9. The SMILES string of the molecule is CN(CC(=O)Nc1cc2c(cc1Cl)OCCCO2)CC(=O)Nc1ccccc1C(F)(F)F. The number of anilines is 2. The van der Waals surface area contributed by atoms with Gasteiger partial charge in [0.2, 0.25) is 11.8 Å². The van der Waals surface area contributed by atoms with Gasteiger partial charge in [0.25, 0.3) is 0 Å². The second-order valence-electron chi connectivity index (χ2n) is 7.14. The number of fused-ring (bicyclic) bond motifs is 1. The Bertz CT molecular complexity index is 1000. The third kappa shape index (κ3) is 6.27. The Morgan fingerprint density at radius 1 is 1.00 bits per heavy atom. The molecule has 0 aromatic heterocycles. The molecule has 32 heavy (non-hydrogen) atoms. The van der Waals surface area contributed by atoms with Crippen molar-refractivity contribution < 1.29 is 32.2 Å². The zero-order valence-corrected chi connectivity index (χ0v) is 17.8. The van der Waals surface area contributed by atoms with E-state index in [0.717, 1.165) is 6.07 Å². The number of carbonyl (C=O) groups excluding carboxylic acids is 2. The maximum absolute atomic E-state index is 13.1. The molecule has 1 aliphatic heterocycles. The number of rotatable bonds is 6. The summed E-state index contributed by atoms with van der Waals surface area (Å²) in [5.74, 6) is -0.213. The molecule has 0 fully saturated rings. The maximum Gasteiger partial charge on any atom is 0.418 e. The minimum atomic E-state index is -4.60. The van der Waals surface area contributed by atoms with Gasteiger partial charge in [0.15, 0.2) is 11.5 Å². The van der Waals surface area contributed by atoms with Crippen LogP contribution in [-0.2, 0) is 15.8 Å². The molecule has 0 aliphatic carbocycles. The van der Waals surface area contributed by atoms with E-state index in [1.165, 1.54) is 30.1 Å². The Kier molecular flexibility index (Phi) is 7.47. The molecule has 0 unspecified atom stereocenters. The first-order chi connectivity index (χ1) is 15.1. The molecule has 7 nitrogen and oxygen atoms in total. The molecule has 2 amide bonds. The Balaban J connectivity index is 1.56. The molecule has 0 bridgehead atoms. The van der Waals surface area contributed by atoms with Gasteiger partial charge >= 0.3 is 6.18 Å². The number of alkyl halides is 3. The van der Waals surface area contributed by atoms with Crippen molar-refractivity contribution >= 4 is 34.8 Å². The summed E-state index contributed by atoms with van der Waals surface area (Å²) >= 11 is 6.20. The third-order valence-corrected chi connectivity index (χ3v) is 4.76. The van der Waals surface area contributed by atoms with E-state index in [-0.39, 0.29) is 23.8 Å². The van der Waals surface area contributed by atoms with Crippen LogP contribution in [0, 0.1) is 0 Å². The number of hydrogen-bond acceptors (Lipinski definition) is 5. The molecule has 11 heteroatoms. The Hall–Kier alpha value is -2.98. The fraction of sp³-hybridized carbons (Fsp3) is 0.333. The molecule has 0 saturated heterocycles. The van der Waals surface area contributed by atoms with Gasteiger partial charge in [-0.05, 0) is 19.2 Å². The number of halogens is 4. The highest BCUT2D eigenvalue weighted by atomic mass is 35.5. The number of carbonyl (C=O) groups is 2. The van der Waals surface area contributed by atoms with Crippen molar-refractivity contribution in [2.45, 2.75) is 12.6 Å². The molecule has 0 radical (unpaired) electrons. The summed E-state index contributed by atoms with van der Waals surface area (Å²) in [5, 5.41) is 5.13. The van der Waals surface area contributed by atoms with Gasteiger partial charge in [-0.25, -0.2) is 0 Å². The Morgan fingerprint density at radius 3 is 2.19 bits per heavy atom. The maximum atomic E-state index is 13.1. The van der Waals surface area contributed by atoms with E-state index in [0.29, 0.717) is 36.8 Å². The van der Waals surface area contributed by atoms with Crippen LogP contribution < -0.4 is 20.1 Å². The van der Waals surface area contributed by atoms with Crippen LogP contribution in [0.15, 0.2) is 36.4 Å². The van der Waals surface area contributed by atoms with Gasteiger partial charge in [-0.3, -0.25) is 14.5 Å². The number of hydrogen-bond donors (Lipinski definition) is 2. The van der Waals surface area contributed by atoms with Gasteiger partial charge in [-0.15, -0.1) is 0 Å². The average Bonchev–Trinajstić information content (AvgIpc) is 2.92. The summed E-state index contributed by atoms with van der Waals surface area (Å²) < 4.78 is 50.3. The Labute approximate surface area is 187 Å². The summed E-state index contributed by atoms with van der Waals surface area (Å²) in [6, 6.07) is 7.78. The zero-order chi connectivity index (χ0) is 23.3. The van der Waals surface area contributed by atoms with Crippen molar-refractivity contribution in [3.05, 3.63) is 47.0 Å². The van der Waals surface area contributed by atoms with E-state index in [1.807, 2.05) is 0 Å². The molecule has 3 rings (SSSR count). The Morgan fingerprint density at radius 2 is 1.56 bits per heavy atom. The van der Waals surface area contributed by atoms with Crippen LogP contribution >= 0.6 is 11.6 Å². The third-order valence-electron chi connectivity index (χ3n) is 4.44. The van der Waals surface area contributed by atoms with Crippen LogP contribution in [0.25, 0.3) is 0 Å². The minimum absolute atomic E-state index is 0.195. The zero-order valence-electron chi connectivity index (χ0n) is 17.1. The lowest BCUT2D eigenvalue weighted by molar-refractivity contribution is -0.137. The molecular weight excluding hydrogens is 451 g/mol. The molecule has 1 heterocycles. The van der Waals surface area contributed by atoms with E-state index in [9.17, 15) is 22.8 Å². The standard InChI is InChI=1S/C21H21ClF3N3O4/c1-28(11-19(29)26-15-6-3-2-5-13(15)21(23,24)25)12-20(30)27-16-10-18-17(9-14(16)22)31-7-4-8-32-18/h2-3,5-6,9-10H,4,7-8,11-12H2,1H3,(H,26,29)(H,27,30). The second-order valence-corrected chi connectivity index (χ2v) is 7.55. The van der Waals surface area contributed by atoms with Crippen LogP contribution in [0.3, 0.4) is 0 Å². The molecule has 2 aromatic carbocycles. The average molecular weight is 472 g/mol. The summed E-state index contributed by atoms with van der Waals surface area (Å²) in [6.45, 7) is 0.472. The van der Waals surface area contributed by atoms with Gasteiger partial charge in [-0.1, -0.05) is 23.7 Å². The molecule has 1 aliphatic rings. The van der Waals surface area contributed by atoms with Crippen LogP contribution in [-0.4, -0.2) is 50.1 Å². The lowest BCUT2D eigenvalue weighted by atomic mass is 10.1. The fourth-order valence-electron chi connectivity index (χ4n) is 3.04. The van der Waals surface area contributed by atoms with Gasteiger partial charge in [-0.2, -0.15) is 13.2 Å². The smallest absolute Gasteiger partial charge is 0.418 e. The summed E-state index contributed by atoms with van der Waals surface area (Å²) in [5.41, 5.74) is -0.975. The summed E-state index contributed by atoms with van der Waals surface area (Å²) in [6.07, 6.45) is -3.88. The predicted octanol–water partition coefficient (Wildman–Crippen LogP) is 4.03. The van der Waals surface area contributed by atoms with E-state index in [1.54, 1.807) is 12.1 Å². The largest absolute Gasteiger partial charge is 0.490 e. The normalized spacial score (nSPS) is 13.4. The minimum Gasteiger partial charge on any atom is -0.490 e. The van der Waals surface area contributed by atoms with E-state index >= 15 is 0 Å². The lowest BCUT2D eigenvalue weighted by Gasteiger charge is -2.18. The number of benzene rings is 2. The molecule has 0 atom stereocenters.